The van der Waals surface area contributed by atoms with E-state index in [1.807, 2.05) is 55.5 Å². The van der Waals surface area contributed by atoms with Crippen molar-refractivity contribution in [2.75, 3.05) is 29.9 Å². The number of nitrogens with zero attached hydrogens (tertiary/aromatic N) is 3. The number of hydrogen-bond donors (Lipinski definition) is 1. The number of carbonyl (C=O) groups is 1. The number of nitrogens with one attached hydrogen (secondary N) is 1. The van der Waals surface area contributed by atoms with Crippen molar-refractivity contribution < 1.29 is 9.53 Å². The van der Waals surface area contributed by atoms with Crippen LogP contribution in [0, 0.1) is 6.92 Å². The van der Waals surface area contributed by atoms with E-state index in [1.165, 1.54) is 25.8 Å². The zero-order valence-corrected chi connectivity index (χ0v) is 18.8. The fourth-order valence-electron chi connectivity index (χ4n) is 5.09. The molecule has 1 N–H and O–H groups in total. The normalized spacial score (nSPS) is 21.2. The molecule has 3 aromatic rings. The van der Waals surface area contributed by atoms with Gasteiger partial charge in [0.25, 0.3) is 0 Å². The molecule has 0 spiro atoms. The van der Waals surface area contributed by atoms with Crippen molar-refractivity contribution in [3.05, 3.63) is 60.3 Å². The van der Waals surface area contributed by atoms with E-state index >= 15 is 0 Å². The van der Waals surface area contributed by atoms with Gasteiger partial charge in [0.05, 0.1) is 11.4 Å². The molecule has 0 saturated carbocycles. The van der Waals surface area contributed by atoms with Gasteiger partial charge in [-0.15, -0.1) is 0 Å². The maximum absolute atomic E-state index is 12.6. The van der Waals surface area contributed by atoms with Crippen molar-refractivity contribution in [1.82, 2.24) is 9.88 Å². The molecule has 3 heterocycles. The number of ether oxygens (including phenoxy) is 1. The zero-order valence-electron chi connectivity index (χ0n) is 18.8. The highest BCUT2D eigenvalue weighted by Crippen LogP contribution is 2.29. The molecule has 32 heavy (non-hydrogen) atoms. The predicted molar refractivity (Wildman–Crippen MR) is 129 cm³/mol. The Morgan fingerprint density at radius 2 is 1.91 bits per heavy atom. The third-order valence-electron chi connectivity index (χ3n) is 6.82. The van der Waals surface area contributed by atoms with Crippen LogP contribution in [0.2, 0.25) is 0 Å². The summed E-state index contributed by atoms with van der Waals surface area (Å²) in [7, 11) is 0. The second kappa shape index (κ2) is 8.79. The number of benzene rings is 2. The van der Waals surface area contributed by atoms with Crippen LogP contribution >= 0.6 is 0 Å². The second-order valence-corrected chi connectivity index (χ2v) is 8.91. The Morgan fingerprint density at radius 3 is 2.72 bits per heavy atom. The van der Waals surface area contributed by atoms with E-state index in [1.54, 1.807) is 6.07 Å². The lowest BCUT2D eigenvalue weighted by atomic mass is 10.1. The number of hydrogen-bond acceptors (Lipinski definition) is 5. The van der Waals surface area contributed by atoms with Crippen LogP contribution in [0.3, 0.4) is 0 Å². The molecule has 166 valence electrons. The molecular formula is C26H30N4O2. The van der Waals surface area contributed by atoms with Crippen LogP contribution in [-0.2, 0) is 0 Å². The molecule has 2 saturated heterocycles. The number of anilines is 2. The highest BCUT2D eigenvalue weighted by Gasteiger charge is 2.33. The molecule has 2 aromatic carbocycles. The standard InChI is InChI=1S/C26H30N4O2/c1-18-7-6-15-30(18)21-14-16-29(17-21)25-13-12-23(19(2)27-25)28-26(31)32-24-11-5-9-20-8-3-4-10-22(20)24/h3-5,8-13,18,21H,6-7,14-17H2,1-2H3,(H,28,31)/t18-,21-/m0/s1. The van der Waals surface area contributed by atoms with Gasteiger partial charge < -0.3 is 9.64 Å². The molecule has 0 unspecified atom stereocenters. The Bertz CT molecular complexity index is 1130. The Kier molecular flexibility index (Phi) is 5.70. The summed E-state index contributed by atoms with van der Waals surface area (Å²) in [6.07, 6.45) is 3.29. The van der Waals surface area contributed by atoms with Gasteiger partial charge >= 0.3 is 6.09 Å². The number of fused-ring (bicyclic) bond motifs is 1. The molecule has 1 amide bonds. The predicted octanol–water partition coefficient (Wildman–Crippen LogP) is 5.22. The lowest BCUT2D eigenvalue weighted by Gasteiger charge is -2.28. The van der Waals surface area contributed by atoms with Crippen molar-refractivity contribution in [2.45, 2.75) is 45.2 Å². The fourth-order valence-corrected chi connectivity index (χ4v) is 5.09. The van der Waals surface area contributed by atoms with Gasteiger partial charge in [0.15, 0.2) is 0 Å². The summed E-state index contributed by atoms with van der Waals surface area (Å²) in [5.41, 5.74) is 1.46. The van der Waals surface area contributed by atoms with E-state index in [0.29, 0.717) is 23.5 Å². The van der Waals surface area contributed by atoms with Crippen molar-refractivity contribution >= 4 is 28.4 Å². The van der Waals surface area contributed by atoms with Gasteiger partial charge in [0.1, 0.15) is 11.6 Å². The second-order valence-electron chi connectivity index (χ2n) is 8.91. The van der Waals surface area contributed by atoms with Gasteiger partial charge in [-0.3, -0.25) is 10.2 Å². The van der Waals surface area contributed by atoms with Crippen LogP contribution in [0.1, 0.15) is 31.9 Å². The van der Waals surface area contributed by atoms with Crippen LogP contribution < -0.4 is 15.0 Å². The third kappa shape index (κ3) is 4.15. The van der Waals surface area contributed by atoms with Crippen LogP contribution in [0.5, 0.6) is 5.75 Å². The summed E-state index contributed by atoms with van der Waals surface area (Å²) in [4.78, 5) is 22.4. The van der Waals surface area contributed by atoms with Gasteiger partial charge in [-0.1, -0.05) is 36.4 Å². The summed E-state index contributed by atoms with van der Waals surface area (Å²) in [6, 6.07) is 18.8. The Labute approximate surface area is 189 Å². The molecule has 2 fully saturated rings. The molecule has 0 aliphatic carbocycles. The number of aromatic nitrogens is 1. The van der Waals surface area contributed by atoms with Crippen LogP contribution in [-0.4, -0.2) is 47.7 Å². The Morgan fingerprint density at radius 1 is 1.06 bits per heavy atom. The number of carbonyl (C=O) groups excluding carboxylic acids is 1. The lowest BCUT2D eigenvalue weighted by Crippen LogP contribution is -2.39. The minimum absolute atomic E-state index is 0.511. The molecule has 5 rings (SSSR count). The summed E-state index contributed by atoms with van der Waals surface area (Å²) in [6.45, 7) is 7.53. The maximum atomic E-state index is 12.6. The van der Waals surface area contributed by atoms with Crippen molar-refractivity contribution in [1.29, 1.82) is 0 Å². The first-order valence-electron chi connectivity index (χ1n) is 11.5. The van der Waals surface area contributed by atoms with E-state index in [2.05, 4.69) is 22.0 Å². The van der Waals surface area contributed by atoms with E-state index in [9.17, 15) is 4.79 Å². The number of likely N-dealkylation sites (tertiary alicyclic amines) is 1. The summed E-state index contributed by atoms with van der Waals surface area (Å²) in [5, 5.41) is 4.79. The molecule has 6 heteroatoms. The molecule has 2 aliphatic rings. The maximum Gasteiger partial charge on any atom is 0.417 e. The van der Waals surface area contributed by atoms with Gasteiger partial charge in [-0.2, -0.15) is 0 Å². The molecule has 0 bridgehead atoms. The molecule has 2 aliphatic heterocycles. The molecule has 0 radical (unpaired) electrons. The Balaban J connectivity index is 1.24. The summed E-state index contributed by atoms with van der Waals surface area (Å²) >= 11 is 0. The van der Waals surface area contributed by atoms with Gasteiger partial charge in [-0.05, 0) is 63.2 Å². The zero-order chi connectivity index (χ0) is 22.1. The first kappa shape index (κ1) is 20.8. The first-order valence-corrected chi connectivity index (χ1v) is 11.5. The summed E-state index contributed by atoms with van der Waals surface area (Å²) < 4.78 is 5.60. The van der Waals surface area contributed by atoms with Crippen molar-refractivity contribution in [2.24, 2.45) is 0 Å². The number of rotatable bonds is 4. The highest BCUT2D eigenvalue weighted by atomic mass is 16.6. The van der Waals surface area contributed by atoms with Crippen LogP contribution in [0.25, 0.3) is 10.8 Å². The number of pyridine rings is 1. The average molecular weight is 431 g/mol. The number of aryl methyl sites for hydroxylation is 1. The van der Waals surface area contributed by atoms with E-state index < -0.39 is 6.09 Å². The lowest BCUT2D eigenvalue weighted by molar-refractivity contribution is 0.204. The summed E-state index contributed by atoms with van der Waals surface area (Å²) in [5.74, 6) is 1.52. The van der Waals surface area contributed by atoms with Gasteiger partial charge in [0.2, 0.25) is 0 Å². The SMILES string of the molecule is Cc1nc(N2CC[C@H](N3CCC[C@@H]3C)C2)ccc1NC(=O)Oc1cccc2ccccc12. The molecule has 6 nitrogen and oxygen atoms in total. The smallest absolute Gasteiger partial charge is 0.409 e. The third-order valence-corrected chi connectivity index (χ3v) is 6.82. The minimum atomic E-state index is -0.511. The largest absolute Gasteiger partial charge is 0.417 e. The molecular weight excluding hydrogens is 400 g/mol. The van der Waals surface area contributed by atoms with E-state index in [0.717, 1.165) is 35.4 Å². The van der Waals surface area contributed by atoms with Crippen LogP contribution in [0.15, 0.2) is 54.6 Å². The monoisotopic (exact) mass is 430 g/mol. The molecule has 2 atom stereocenters. The van der Waals surface area contributed by atoms with Gasteiger partial charge in [-0.25, -0.2) is 9.78 Å². The quantitative estimate of drug-likeness (QED) is 0.615. The average Bonchev–Trinajstić information content (AvgIpc) is 3.44. The fraction of sp³-hybridized carbons (Fsp3) is 0.385. The molecule has 1 aromatic heterocycles. The highest BCUT2D eigenvalue weighted by molar-refractivity contribution is 5.93. The van der Waals surface area contributed by atoms with E-state index in [4.69, 9.17) is 9.72 Å². The topological polar surface area (TPSA) is 57.7 Å². The van der Waals surface area contributed by atoms with E-state index in [-0.39, 0.29) is 0 Å². The minimum Gasteiger partial charge on any atom is -0.409 e. The van der Waals surface area contributed by atoms with Crippen molar-refractivity contribution in [3.8, 4) is 5.75 Å². The van der Waals surface area contributed by atoms with Crippen LogP contribution in [0.4, 0.5) is 16.3 Å². The van der Waals surface area contributed by atoms with Crippen molar-refractivity contribution in [3.63, 3.8) is 0 Å². The Hall–Kier alpha value is -3.12. The van der Waals surface area contributed by atoms with Gasteiger partial charge in [0, 0.05) is 30.6 Å². The number of amides is 1. The first-order chi connectivity index (χ1) is 15.6.